The van der Waals surface area contributed by atoms with E-state index in [0.717, 1.165) is 10.6 Å². The summed E-state index contributed by atoms with van der Waals surface area (Å²) in [5.74, 6) is 1.60. The van der Waals surface area contributed by atoms with Crippen LogP contribution in [0, 0.1) is 6.92 Å². The average Bonchev–Trinajstić information content (AvgIpc) is 3.24. The van der Waals surface area contributed by atoms with E-state index < -0.39 is 0 Å². The largest absolute Gasteiger partial charge is 0.350 e. The lowest BCUT2D eigenvalue weighted by Gasteiger charge is -2.08. The number of hydrogen-bond donors (Lipinski definition) is 2. The molecule has 0 saturated heterocycles. The van der Waals surface area contributed by atoms with Crippen molar-refractivity contribution in [3.63, 3.8) is 0 Å². The minimum atomic E-state index is 0. The molecule has 3 aromatic rings. The average molecular weight is 505 g/mol. The van der Waals surface area contributed by atoms with Gasteiger partial charge in [-0.15, -0.1) is 35.3 Å². The summed E-state index contributed by atoms with van der Waals surface area (Å²) in [7, 11) is 1.70. The number of aromatic nitrogens is 3. The summed E-state index contributed by atoms with van der Waals surface area (Å²) >= 11 is 7.63. The van der Waals surface area contributed by atoms with Crippen molar-refractivity contribution in [3.05, 3.63) is 51.3 Å². The van der Waals surface area contributed by atoms with Crippen molar-refractivity contribution < 1.29 is 4.52 Å². The van der Waals surface area contributed by atoms with Crippen LogP contribution < -0.4 is 10.6 Å². The molecule has 0 radical (unpaired) electrons. The zero-order valence-electron chi connectivity index (χ0n) is 14.2. The lowest BCUT2D eigenvalue weighted by Crippen LogP contribution is -2.36. The summed E-state index contributed by atoms with van der Waals surface area (Å²) in [5.41, 5.74) is 0.809. The molecule has 1 aromatic carbocycles. The molecule has 10 heteroatoms. The topological polar surface area (TPSA) is 88.2 Å². The molecule has 0 amide bonds. The van der Waals surface area contributed by atoms with Gasteiger partial charge in [0, 0.05) is 28.7 Å². The maximum Gasteiger partial charge on any atom is 0.246 e. The minimum absolute atomic E-state index is 0. The van der Waals surface area contributed by atoms with E-state index in [-0.39, 0.29) is 24.0 Å². The maximum absolute atomic E-state index is 5.98. The molecular formula is C16H18ClIN6OS. The van der Waals surface area contributed by atoms with Crippen LogP contribution in [0.3, 0.4) is 0 Å². The zero-order chi connectivity index (χ0) is 17.6. The Morgan fingerprint density at radius 2 is 2.12 bits per heavy atom. The van der Waals surface area contributed by atoms with Crippen molar-refractivity contribution in [1.82, 2.24) is 25.8 Å². The van der Waals surface area contributed by atoms with Gasteiger partial charge in [0.1, 0.15) is 5.01 Å². The van der Waals surface area contributed by atoms with E-state index in [1.807, 2.05) is 25.3 Å². The first-order valence-corrected chi connectivity index (χ1v) is 8.78. The lowest BCUT2D eigenvalue weighted by molar-refractivity contribution is 0.375. The molecule has 0 aliphatic carbocycles. The third-order valence-corrected chi connectivity index (χ3v) is 4.41. The molecule has 0 unspecified atom stereocenters. The highest BCUT2D eigenvalue weighted by Crippen LogP contribution is 2.19. The van der Waals surface area contributed by atoms with Crippen LogP contribution in [0.25, 0.3) is 11.4 Å². The lowest BCUT2D eigenvalue weighted by atomic mass is 10.2. The van der Waals surface area contributed by atoms with Crippen LogP contribution in [0.1, 0.15) is 15.8 Å². The molecule has 0 aliphatic rings. The Labute approximate surface area is 177 Å². The standard InChI is InChI=1S/C16H17ClN6OS.HI/c1-10-7-19-14(25-10)9-21-16(18-2)20-8-13-22-15(23-24-13)11-4-3-5-12(17)6-11;/h3-7H,8-9H2,1-2H3,(H2,18,20,21);1H. The predicted octanol–water partition coefficient (Wildman–Crippen LogP) is 3.64. The van der Waals surface area contributed by atoms with Gasteiger partial charge in [-0.3, -0.25) is 4.99 Å². The van der Waals surface area contributed by atoms with Crippen molar-refractivity contribution in [2.24, 2.45) is 4.99 Å². The highest BCUT2D eigenvalue weighted by Gasteiger charge is 2.10. The van der Waals surface area contributed by atoms with Crippen LogP contribution in [0.2, 0.25) is 5.02 Å². The molecule has 2 N–H and O–H groups in total. The molecule has 0 aliphatic heterocycles. The van der Waals surface area contributed by atoms with E-state index >= 15 is 0 Å². The number of aryl methyl sites for hydroxylation is 1. The number of thiazole rings is 1. The predicted molar refractivity (Wildman–Crippen MR) is 114 cm³/mol. The van der Waals surface area contributed by atoms with Gasteiger partial charge in [-0.1, -0.05) is 28.9 Å². The van der Waals surface area contributed by atoms with E-state index in [2.05, 4.69) is 30.8 Å². The van der Waals surface area contributed by atoms with Crippen LogP contribution in [0.4, 0.5) is 0 Å². The number of halogens is 2. The van der Waals surface area contributed by atoms with Gasteiger partial charge in [-0.2, -0.15) is 4.98 Å². The zero-order valence-corrected chi connectivity index (χ0v) is 18.1. The first-order chi connectivity index (χ1) is 12.1. The quantitative estimate of drug-likeness (QED) is 0.313. The molecule has 0 bridgehead atoms. The number of nitrogens with one attached hydrogen (secondary N) is 2. The van der Waals surface area contributed by atoms with Gasteiger partial charge in [0.25, 0.3) is 0 Å². The van der Waals surface area contributed by atoms with Gasteiger partial charge < -0.3 is 15.2 Å². The highest BCUT2D eigenvalue weighted by atomic mass is 127. The summed E-state index contributed by atoms with van der Waals surface area (Å²) in [6.45, 7) is 3.00. The Morgan fingerprint density at radius 1 is 1.31 bits per heavy atom. The molecule has 2 heterocycles. The summed E-state index contributed by atoms with van der Waals surface area (Å²) < 4.78 is 5.26. The second kappa shape index (κ2) is 9.83. The Bertz CT molecular complexity index is 881. The van der Waals surface area contributed by atoms with Crippen LogP contribution in [0.15, 0.2) is 40.0 Å². The Balaban J connectivity index is 0.00000243. The van der Waals surface area contributed by atoms with Crippen LogP contribution in [-0.2, 0) is 13.1 Å². The number of guanidine groups is 1. The minimum Gasteiger partial charge on any atom is -0.350 e. The Morgan fingerprint density at radius 3 is 2.81 bits per heavy atom. The smallest absolute Gasteiger partial charge is 0.246 e. The highest BCUT2D eigenvalue weighted by molar-refractivity contribution is 14.0. The second-order valence-corrected chi connectivity index (χ2v) is 6.92. The molecule has 0 spiro atoms. The Hall–Kier alpha value is -1.72. The van der Waals surface area contributed by atoms with Gasteiger partial charge in [0.2, 0.25) is 11.7 Å². The third-order valence-electron chi connectivity index (χ3n) is 3.26. The van der Waals surface area contributed by atoms with E-state index in [4.69, 9.17) is 16.1 Å². The number of aliphatic imine (C=N–C) groups is 1. The van der Waals surface area contributed by atoms with Crippen molar-refractivity contribution in [1.29, 1.82) is 0 Å². The summed E-state index contributed by atoms with van der Waals surface area (Å²) in [5, 5.41) is 11.9. The molecule has 0 saturated carbocycles. The van der Waals surface area contributed by atoms with Gasteiger partial charge >= 0.3 is 0 Å². The molecule has 26 heavy (non-hydrogen) atoms. The number of rotatable bonds is 5. The van der Waals surface area contributed by atoms with Crippen LogP contribution in [0.5, 0.6) is 0 Å². The van der Waals surface area contributed by atoms with E-state index in [0.29, 0.717) is 35.8 Å². The second-order valence-electron chi connectivity index (χ2n) is 5.17. The molecular weight excluding hydrogens is 487 g/mol. The summed E-state index contributed by atoms with van der Waals surface area (Å²) in [6, 6.07) is 7.32. The monoisotopic (exact) mass is 504 g/mol. The molecule has 138 valence electrons. The van der Waals surface area contributed by atoms with E-state index in [1.54, 1.807) is 30.5 Å². The van der Waals surface area contributed by atoms with Gasteiger partial charge in [0.05, 0.1) is 13.1 Å². The molecule has 0 atom stereocenters. The van der Waals surface area contributed by atoms with Crippen molar-refractivity contribution in [2.45, 2.75) is 20.0 Å². The van der Waals surface area contributed by atoms with E-state index in [9.17, 15) is 0 Å². The van der Waals surface area contributed by atoms with Crippen LogP contribution >= 0.6 is 46.9 Å². The fourth-order valence-corrected chi connectivity index (χ4v) is 3.01. The fraction of sp³-hybridized carbons (Fsp3) is 0.250. The summed E-state index contributed by atoms with van der Waals surface area (Å²) in [6.07, 6.45) is 1.85. The molecule has 3 rings (SSSR count). The number of benzene rings is 1. The first kappa shape index (κ1) is 20.6. The van der Waals surface area contributed by atoms with Gasteiger partial charge in [-0.25, -0.2) is 4.98 Å². The maximum atomic E-state index is 5.98. The molecule has 0 fully saturated rings. The van der Waals surface area contributed by atoms with Gasteiger partial charge in [-0.05, 0) is 19.1 Å². The molecule has 2 aromatic heterocycles. The number of hydrogen-bond acceptors (Lipinski definition) is 6. The normalized spacial score (nSPS) is 11.1. The third kappa shape index (κ3) is 5.64. The van der Waals surface area contributed by atoms with E-state index in [1.165, 1.54) is 4.88 Å². The fourth-order valence-electron chi connectivity index (χ4n) is 2.09. The van der Waals surface area contributed by atoms with Gasteiger partial charge in [0.15, 0.2) is 5.96 Å². The summed E-state index contributed by atoms with van der Waals surface area (Å²) in [4.78, 5) is 14.0. The first-order valence-electron chi connectivity index (χ1n) is 7.58. The van der Waals surface area contributed by atoms with Crippen LogP contribution in [-0.4, -0.2) is 28.1 Å². The Kier molecular flexibility index (Phi) is 7.79. The SMILES string of the molecule is CN=C(NCc1nc(-c2cccc(Cl)c2)no1)NCc1ncc(C)s1.I. The van der Waals surface area contributed by atoms with Crippen molar-refractivity contribution in [2.75, 3.05) is 7.05 Å². The molecule has 7 nitrogen and oxygen atoms in total. The van der Waals surface area contributed by atoms with Crippen molar-refractivity contribution in [3.8, 4) is 11.4 Å². The van der Waals surface area contributed by atoms with Crippen molar-refractivity contribution >= 4 is 52.9 Å². The number of nitrogens with zero attached hydrogens (tertiary/aromatic N) is 4.